The molecule has 0 aromatic heterocycles. The molecule has 1 atom stereocenters. The lowest BCUT2D eigenvalue weighted by atomic mass is 10.0. The van der Waals surface area contributed by atoms with Gasteiger partial charge >= 0.3 is 0 Å². The van der Waals surface area contributed by atoms with Gasteiger partial charge in [-0.3, -0.25) is 4.79 Å². The van der Waals surface area contributed by atoms with E-state index in [1.165, 1.54) is 0 Å². The molecule has 0 aliphatic heterocycles. The van der Waals surface area contributed by atoms with Crippen LogP contribution in [0, 0.1) is 0 Å². The van der Waals surface area contributed by atoms with Crippen molar-refractivity contribution in [1.82, 2.24) is 0 Å². The lowest BCUT2D eigenvalue weighted by Crippen LogP contribution is -2.11. The van der Waals surface area contributed by atoms with Crippen molar-refractivity contribution in [3.63, 3.8) is 0 Å². The summed E-state index contributed by atoms with van der Waals surface area (Å²) >= 11 is 0. The number of hydrogen-bond acceptors (Lipinski definition) is 2. The van der Waals surface area contributed by atoms with E-state index in [4.69, 9.17) is 0 Å². The summed E-state index contributed by atoms with van der Waals surface area (Å²) in [6.07, 6.45) is -1.08. The van der Waals surface area contributed by atoms with Crippen molar-refractivity contribution in [3.8, 4) is 0 Å². The van der Waals surface area contributed by atoms with Crippen LogP contribution >= 0.6 is 0 Å². The predicted octanol–water partition coefficient (Wildman–Crippen LogP) is 3.24. The number of hydrogen-bond donors (Lipinski definition) is 1. The van der Waals surface area contributed by atoms with Crippen LogP contribution in [0.2, 0.25) is 0 Å². The molecule has 0 aliphatic carbocycles. The van der Waals surface area contributed by atoms with E-state index in [9.17, 15) is 9.90 Å². The Labute approximate surface area is 102 Å². The zero-order valence-electron chi connectivity index (χ0n) is 8.71. The fourth-order valence-corrected chi connectivity index (χ4v) is 1.55. The first-order valence-corrected chi connectivity index (χ1v) is 5.11. The highest BCUT2D eigenvalue weighted by Crippen LogP contribution is 2.17. The number of carbonyl (C=O) groups is 1. The van der Waals surface area contributed by atoms with Crippen LogP contribution in [-0.2, 0) is 0 Å². The van der Waals surface area contributed by atoms with Gasteiger partial charge in [-0.2, -0.15) is 0 Å². The van der Waals surface area contributed by atoms with Gasteiger partial charge < -0.3 is 5.11 Å². The molecular formula is C15H16O2. The van der Waals surface area contributed by atoms with Gasteiger partial charge in [-0.1, -0.05) is 68.1 Å². The number of aliphatic hydroxyl groups is 1. The van der Waals surface area contributed by atoms with Crippen LogP contribution in [0.25, 0.3) is 0 Å². The molecule has 1 unspecified atom stereocenters. The van der Waals surface area contributed by atoms with Gasteiger partial charge in [-0.05, 0) is 5.56 Å². The Balaban J connectivity index is 0.00000144. The molecule has 0 bridgehead atoms. The molecule has 0 aliphatic rings. The quantitative estimate of drug-likeness (QED) is 0.819. The van der Waals surface area contributed by atoms with Crippen LogP contribution in [0.1, 0.15) is 29.5 Å². The summed E-state index contributed by atoms with van der Waals surface area (Å²) in [4.78, 5) is 11.9. The molecule has 0 radical (unpaired) electrons. The monoisotopic (exact) mass is 228 g/mol. The van der Waals surface area contributed by atoms with Gasteiger partial charge in [0.1, 0.15) is 6.10 Å². The van der Waals surface area contributed by atoms with E-state index in [2.05, 4.69) is 0 Å². The van der Waals surface area contributed by atoms with Gasteiger partial charge in [0.2, 0.25) is 0 Å². The van der Waals surface area contributed by atoms with E-state index in [0.29, 0.717) is 11.1 Å². The molecule has 88 valence electrons. The SMILES string of the molecule is C.O=C(c1ccccc1)C(O)c1ccccc1. The van der Waals surface area contributed by atoms with Crippen LogP contribution < -0.4 is 0 Å². The van der Waals surface area contributed by atoms with Crippen LogP contribution in [-0.4, -0.2) is 10.9 Å². The second-order valence-electron chi connectivity index (χ2n) is 3.54. The third-order valence-electron chi connectivity index (χ3n) is 2.42. The predicted molar refractivity (Wildman–Crippen MR) is 68.9 cm³/mol. The number of Topliss-reactive ketones (excluding diaryl/α,β-unsaturated/α-hetero) is 1. The molecule has 0 saturated heterocycles. The van der Waals surface area contributed by atoms with Gasteiger partial charge in [-0.15, -0.1) is 0 Å². The number of rotatable bonds is 3. The Morgan fingerprint density at radius 3 is 1.88 bits per heavy atom. The van der Waals surface area contributed by atoms with Gasteiger partial charge in [0.15, 0.2) is 5.78 Å². The van der Waals surface area contributed by atoms with Gasteiger partial charge in [0, 0.05) is 5.56 Å². The van der Waals surface area contributed by atoms with Crippen molar-refractivity contribution in [3.05, 3.63) is 71.8 Å². The normalized spacial score (nSPS) is 11.4. The van der Waals surface area contributed by atoms with Crippen LogP contribution in [0.5, 0.6) is 0 Å². The Hall–Kier alpha value is -1.93. The van der Waals surface area contributed by atoms with E-state index in [1.54, 1.807) is 48.5 Å². The summed E-state index contributed by atoms with van der Waals surface area (Å²) in [5.41, 5.74) is 1.15. The summed E-state index contributed by atoms with van der Waals surface area (Å²) in [6, 6.07) is 17.7. The van der Waals surface area contributed by atoms with E-state index >= 15 is 0 Å². The summed E-state index contributed by atoms with van der Waals surface area (Å²) in [5, 5.41) is 9.89. The van der Waals surface area contributed by atoms with Crippen molar-refractivity contribution >= 4 is 5.78 Å². The average molecular weight is 228 g/mol. The Morgan fingerprint density at radius 2 is 1.35 bits per heavy atom. The molecule has 1 N–H and O–H groups in total. The molecule has 0 heterocycles. The van der Waals surface area contributed by atoms with E-state index in [0.717, 1.165) is 0 Å². The van der Waals surface area contributed by atoms with Crippen molar-refractivity contribution in [1.29, 1.82) is 0 Å². The molecular weight excluding hydrogens is 212 g/mol. The maximum atomic E-state index is 11.9. The topological polar surface area (TPSA) is 37.3 Å². The average Bonchev–Trinajstić information content (AvgIpc) is 2.39. The highest BCUT2D eigenvalue weighted by Gasteiger charge is 2.18. The van der Waals surface area contributed by atoms with Crippen molar-refractivity contribution in [2.45, 2.75) is 13.5 Å². The highest BCUT2D eigenvalue weighted by atomic mass is 16.3. The summed E-state index contributed by atoms with van der Waals surface area (Å²) in [5.74, 6) is -0.271. The zero-order valence-corrected chi connectivity index (χ0v) is 8.71. The first-order valence-electron chi connectivity index (χ1n) is 5.11. The van der Waals surface area contributed by atoms with Crippen molar-refractivity contribution in [2.24, 2.45) is 0 Å². The third kappa shape index (κ3) is 3.02. The van der Waals surface area contributed by atoms with Crippen molar-refractivity contribution < 1.29 is 9.90 Å². The van der Waals surface area contributed by atoms with Crippen LogP contribution in [0.15, 0.2) is 60.7 Å². The summed E-state index contributed by atoms with van der Waals surface area (Å²) < 4.78 is 0. The highest BCUT2D eigenvalue weighted by molar-refractivity contribution is 5.99. The Bertz CT molecular complexity index is 463. The van der Waals surface area contributed by atoms with Gasteiger partial charge in [0.25, 0.3) is 0 Å². The fourth-order valence-electron chi connectivity index (χ4n) is 1.55. The van der Waals surface area contributed by atoms with Crippen molar-refractivity contribution in [2.75, 3.05) is 0 Å². The lowest BCUT2D eigenvalue weighted by Gasteiger charge is -2.09. The third-order valence-corrected chi connectivity index (χ3v) is 2.42. The first-order chi connectivity index (χ1) is 7.79. The minimum absolute atomic E-state index is 0. The second kappa shape index (κ2) is 5.97. The molecule has 0 spiro atoms. The summed E-state index contributed by atoms with van der Waals surface area (Å²) in [6.45, 7) is 0. The number of ketones is 1. The molecule has 17 heavy (non-hydrogen) atoms. The maximum Gasteiger partial charge on any atom is 0.195 e. The number of aliphatic hydroxyl groups excluding tert-OH is 1. The molecule has 2 nitrogen and oxygen atoms in total. The second-order valence-corrected chi connectivity index (χ2v) is 3.54. The maximum absolute atomic E-state index is 11.9. The van der Waals surface area contributed by atoms with Crippen LogP contribution in [0.3, 0.4) is 0 Å². The minimum atomic E-state index is -1.08. The van der Waals surface area contributed by atoms with E-state index in [1.807, 2.05) is 12.1 Å². The molecule has 0 amide bonds. The molecule has 2 rings (SSSR count). The first kappa shape index (κ1) is 13.1. The standard InChI is InChI=1S/C14H12O2.CH4/c15-13(11-7-3-1-4-8-11)14(16)12-9-5-2-6-10-12;/h1-10,13,15H;1H4. The minimum Gasteiger partial charge on any atom is -0.380 e. The molecule has 2 aromatic carbocycles. The lowest BCUT2D eigenvalue weighted by molar-refractivity contribution is 0.0747. The van der Waals surface area contributed by atoms with E-state index < -0.39 is 6.10 Å². The fraction of sp³-hybridized carbons (Fsp3) is 0.133. The summed E-state index contributed by atoms with van der Waals surface area (Å²) in [7, 11) is 0. The Morgan fingerprint density at radius 1 is 0.882 bits per heavy atom. The largest absolute Gasteiger partial charge is 0.380 e. The number of carbonyl (C=O) groups excluding carboxylic acids is 1. The van der Waals surface area contributed by atoms with Gasteiger partial charge in [-0.25, -0.2) is 0 Å². The number of benzene rings is 2. The van der Waals surface area contributed by atoms with Gasteiger partial charge in [0.05, 0.1) is 0 Å². The zero-order chi connectivity index (χ0) is 11.4. The van der Waals surface area contributed by atoms with E-state index in [-0.39, 0.29) is 13.2 Å². The smallest absolute Gasteiger partial charge is 0.195 e. The molecule has 0 fully saturated rings. The molecule has 0 saturated carbocycles. The molecule has 2 aromatic rings. The molecule has 2 heteroatoms. The van der Waals surface area contributed by atoms with Crippen LogP contribution in [0.4, 0.5) is 0 Å². The Kier molecular flexibility index (Phi) is 4.61.